The molecule has 1 aromatic rings. The molecule has 1 rings (SSSR count). The lowest BCUT2D eigenvalue weighted by atomic mass is 10.2. The molecule has 0 heterocycles. The predicted octanol–water partition coefficient (Wildman–Crippen LogP) is 1.80. The highest BCUT2D eigenvalue weighted by Gasteiger charge is 2.16. The molecule has 0 saturated carbocycles. The smallest absolute Gasteiger partial charge is 0.297 e. The molecule has 0 bridgehead atoms. The Morgan fingerprint density at radius 3 is 1.86 bits per heavy atom. The molecule has 0 unspecified atom stereocenters. The van der Waals surface area contributed by atoms with Crippen LogP contribution in [0.1, 0.15) is 12.5 Å². The van der Waals surface area contributed by atoms with Gasteiger partial charge in [0, 0.05) is 7.11 Å². The average molecular weight is 421 g/mol. The van der Waals surface area contributed by atoms with E-state index in [4.69, 9.17) is 27.9 Å². The third-order valence-electron chi connectivity index (χ3n) is 3.57. The Hall–Kier alpha value is -1.07. The van der Waals surface area contributed by atoms with E-state index in [1.807, 2.05) is 6.92 Å². The summed E-state index contributed by atoms with van der Waals surface area (Å²) in [6.07, 6.45) is -0.371. The van der Waals surface area contributed by atoms with Gasteiger partial charge >= 0.3 is 0 Å². The van der Waals surface area contributed by atoms with Gasteiger partial charge in [-0.05, 0) is 26.0 Å². The van der Waals surface area contributed by atoms with E-state index in [0.29, 0.717) is 52.9 Å². The number of aryl methyl sites for hydroxylation is 1. The van der Waals surface area contributed by atoms with Gasteiger partial charge in [-0.1, -0.05) is 17.7 Å². The van der Waals surface area contributed by atoms with Crippen LogP contribution in [0.3, 0.4) is 0 Å². The Morgan fingerprint density at radius 2 is 1.32 bits per heavy atom. The van der Waals surface area contributed by atoms with Crippen LogP contribution in [0, 0.1) is 6.92 Å². The van der Waals surface area contributed by atoms with Crippen LogP contribution >= 0.6 is 0 Å². The summed E-state index contributed by atoms with van der Waals surface area (Å²) in [6.45, 7) is 7.41. The second-order valence-electron chi connectivity index (χ2n) is 6.06. The number of rotatable bonds is 17. The van der Waals surface area contributed by atoms with Crippen molar-refractivity contribution in [2.24, 2.45) is 0 Å². The maximum atomic E-state index is 12.1. The van der Waals surface area contributed by atoms with Gasteiger partial charge in [0.2, 0.25) is 0 Å². The van der Waals surface area contributed by atoms with E-state index >= 15 is 0 Å². The first-order chi connectivity index (χ1) is 13.5. The lowest BCUT2D eigenvalue weighted by molar-refractivity contribution is -0.0253. The zero-order valence-electron chi connectivity index (χ0n) is 16.9. The zero-order chi connectivity index (χ0) is 20.7. The molecular weight excluding hydrogens is 388 g/mol. The van der Waals surface area contributed by atoms with E-state index in [1.54, 1.807) is 26.2 Å². The quantitative estimate of drug-likeness (QED) is 0.278. The average Bonchev–Trinajstić information content (AvgIpc) is 2.67. The fourth-order valence-corrected chi connectivity index (χ4v) is 2.98. The number of hydrogen-bond acceptors (Lipinski definition) is 8. The second-order valence-corrected chi connectivity index (χ2v) is 7.68. The normalized spacial score (nSPS) is 13.0. The minimum absolute atomic E-state index is 0.0532. The van der Waals surface area contributed by atoms with Crippen LogP contribution < -0.4 is 0 Å². The Balaban J connectivity index is 2.01. The summed E-state index contributed by atoms with van der Waals surface area (Å²) in [5, 5.41) is 0. The van der Waals surface area contributed by atoms with Gasteiger partial charge in [0.15, 0.2) is 0 Å². The molecule has 0 saturated heterocycles. The molecular formula is C19H32O8S. The third kappa shape index (κ3) is 11.7. The largest absolute Gasteiger partial charge is 0.382 e. The Morgan fingerprint density at radius 1 is 0.821 bits per heavy atom. The summed E-state index contributed by atoms with van der Waals surface area (Å²) in [7, 11) is -2.15. The number of benzene rings is 1. The first-order valence-corrected chi connectivity index (χ1v) is 10.7. The maximum Gasteiger partial charge on any atom is 0.297 e. The number of methoxy groups -OCH3 is 1. The Kier molecular flexibility index (Phi) is 13.3. The van der Waals surface area contributed by atoms with Gasteiger partial charge in [0.1, 0.15) is 0 Å². The van der Waals surface area contributed by atoms with Gasteiger partial charge in [-0.25, -0.2) is 0 Å². The molecule has 8 nitrogen and oxygen atoms in total. The van der Waals surface area contributed by atoms with E-state index < -0.39 is 10.1 Å². The van der Waals surface area contributed by atoms with Gasteiger partial charge in [0.25, 0.3) is 10.1 Å². The van der Waals surface area contributed by atoms with E-state index in [9.17, 15) is 8.42 Å². The van der Waals surface area contributed by atoms with Crippen molar-refractivity contribution >= 4 is 10.1 Å². The SMILES string of the molecule is COCCOCCOCCOCCO[C@@H](C)COS(=O)(=O)c1ccc(C)cc1. The van der Waals surface area contributed by atoms with E-state index in [-0.39, 0.29) is 17.6 Å². The molecule has 9 heteroatoms. The van der Waals surface area contributed by atoms with Crippen molar-refractivity contribution < 1.29 is 36.3 Å². The molecule has 1 aromatic carbocycles. The lowest BCUT2D eigenvalue weighted by Crippen LogP contribution is -2.21. The zero-order valence-corrected chi connectivity index (χ0v) is 17.7. The topological polar surface area (TPSA) is 89.5 Å². The first-order valence-electron chi connectivity index (χ1n) is 9.25. The van der Waals surface area contributed by atoms with Crippen LogP contribution in [0.5, 0.6) is 0 Å². The third-order valence-corrected chi connectivity index (χ3v) is 4.87. The van der Waals surface area contributed by atoms with E-state index in [0.717, 1.165) is 5.56 Å². The molecule has 0 radical (unpaired) electrons. The molecule has 0 aliphatic carbocycles. The highest BCUT2D eigenvalue weighted by molar-refractivity contribution is 7.86. The fraction of sp³-hybridized carbons (Fsp3) is 0.684. The molecule has 1 atom stereocenters. The maximum absolute atomic E-state index is 12.1. The summed E-state index contributed by atoms with van der Waals surface area (Å²) in [5.41, 5.74) is 0.983. The number of hydrogen-bond donors (Lipinski definition) is 0. The van der Waals surface area contributed by atoms with E-state index in [1.165, 1.54) is 12.1 Å². The highest BCUT2D eigenvalue weighted by Crippen LogP contribution is 2.13. The predicted molar refractivity (Wildman–Crippen MR) is 104 cm³/mol. The van der Waals surface area contributed by atoms with Gasteiger partial charge in [-0.2, -0.15) is 8.42 Å². The van der Waals surface area contributed by atoms with Crippen molar-refractivity contribution in [1.82, 2.24) is 0 Å². The fourth-order valence-electron chi connectivity index (χ4n) is 2.00. The lowest BCUT2D eigenvalue weighted by Gasteiger charge is -2.14. The second kappa shape index (κ2) is 14.9. The van der Waals surface area contributed by atoms with Gasteiger partial charge in [-0.15, -0.1) is 0 Å². The van der Waals surface area contributed by atoms with Crippen molar-refractivity contribution in [3.05, 3.63) is 29.8 Å². The molecule has 0 fully saturated rings. The summed E-state index contributed by atoms with van der Waals surface area (Å²) in [6, 6.07) is 6.51. The van der Waals surface area contributed by atoms with Crippen LogP contribution in [0.25, 0.3) is 0 Å². The van der Waals surface area contributed by atoms with Crippen LogP contribution in [-0.4, -0.2) is 81.1 Å². The monoisotopic (exact) mass is 420 g/mol. The standard InChI is InChI=1S/C19H32O8S/c1-17-4-6-19(7-5-17)28(20,21)27-16-18(2)26-15-14-25-13-12-24-11-10-23-9-8-22-3/h4-7,18H,8-16H2,1-3H3/t18-/m0/s1. The minimum atomic E-state index is -3.77. The minimum Gasteiger partial charge on any atom is -0.382 e. The number of ether oxygens (including phenoxy) is 5. The molecule has 0 aliphatic rings. The van der Waals surface area contributed by atoms with E-state index in [2.05, 4.69) is 0 Å². The summed E-state index contributed by atoms with van der Waals surface area (Å²) in [4.78, 5) is 0.137. The molecule has 0 N–H and O–H groups in total. The molecule has 28 heavy (non-hydrogen) atoms. The Bertz CT molecular complexity index is 603. The molecule has 0 amide bonds. The van der Waals surface area contributed by atoms with Crippen molar-refractivity contribution in [3.63, 3.8) is 0 Å². The molecule has 0 aliphatic heterocycles. The first kappa shape index (κ1) is 25.0. The van der Waals surface area contributed by atoms with Crippen molar-refractivity contribution in [1.29, 1.82) is 0 Å². The van der Waals surface area contributed by atoms with Crippen LogP contribution in [0.2, 0.25) is 0 Å². The molecule has 162 valence electrons. The summed E-state index contributed by atoms with van der Waals surface area (Å²) < 4.78 is 55.6. The van der Waals surface area contributed by atoms with Crippen molar-refractivity contribution in [3.8, 4) is 0 Å². The summed E-state index contributed by atoms with van der Waals surface area (Å²) >= 11 is 0. The van der Waals surface area contributed by atoms with Crippen molar-refractivity contribution in [2.45, 2.75) is 24.8 Å². The van der Waals surface area contributed by atoms with Crippen molar-refractivity contribution in [2.75, 3.05) is 66.6 Å². The summed E-state index contributed by atoms with van der Waals surface area (Å²) in [5.74, 6) is 0. The van der Waals surface area contributed by atoms with Crippen LogP contribution in [-0.2, 0) is 38.0 Å². The van der Waals surface area contributed by atoms with Gasteiger partial charge in [0.05, 0.1) is 70.5 Å². The molecule has 0 spiro atoms. The molecule has 0 aromatic heterocycles. The van der Waals surface area contributed by atoms with Gasteiger partial charge in [-0.3, -0.25) is 4.18 Å². The highest BCUT2D eigenvalue weighted by atomic mass is 32.2. The van der Waals surface area contributed by atoms with Gasteiger partial charge < -0.3 is 23.7 Å². The Labute approximate surface area is 168 Å². The van der Waals surface area contributed by atoms with Crippen LogP contribution in [0.4, 0.5) is 0 Å². The van der Waals surface area contributed by atoms with Crippen LogP contribution in [0.15, 0.2) is 29.2 Å².